The Labute approximate surface area is 145 Å². The van der Waals surface area contributed by atoms with Crippen LogP contribution in [-0.4, -0.2) is 12.5 Å². The van der Waals surface area contributed by atoms with Gasteiger partial charge in [-0.3, -0.25) is 4.79 Å². The van der Waals surface area contributed by atoms with E-state index in [0.29, 0.717) is 5.56 Å². The summed E-state index contributed by atoms with van der Waals surface area (Å²) in [7, 11) is 0. The summed E-state index contributed by atoms with van der Waals surface area (Å²) >= 11 is 0. The second kappa shape index (κ2) is 8.00. The molecule has 0 spiro atoms. The minimum absolute atomic E-state index is 0.0859. The van der Waals surface area contributed by atoms with Gasteiger partial charge in [0.05, 0.1) is 6.61 Å². The van der Waals surface area contributed by atoms with Crippen molar-refractivity contribution in [3.05, 3.63) is 59.7 Å². The second-order valence-corrected chi connectivity index (χ2v) is 7.01. The van der Waals surface area contributed by atoms with Crippen LogP contribution in [0.5, 0.6) is 5.75 Å². The fourth-order valence-electron chi connectivity index (χ4n) is 2.29. The van der Waals surface area contributed by atoms with E-state index in [4.69, 9.17) is 4.74 Å². The van der Waals surface area contributed by atoms with E-state index in [1.54, 1.807) is 0 Å². The van der Waals surface area contributed by atoms with Gasteiger partial charge in [0, 0.05) is 11.3 Å². The smallest absolute Gasteiger partial charge is 0.255 e. The molecule has 0 aromatic heterocycles. The maximum Gasteiger partial charge on any atom is 0.255 e. The summed E-state index contributed by atoms with van der Waals surface area (Å²) in [5.74, 6) is 0.728. The first-order valence-electron chi connectivity index (χ1n) is 8.55. The van der Waals surface area contributed by atoms with Crippen LogP contribution in [0.3, 0.4) is 0 Å². The summed E-state index contributed by atoms with van der Waals surface area (Å²) in [5.41, 5.74) is 2.73. The molecule has 0 fully saturated rings. The van der Waals surface area contributed by atoms with Gasteiger partial charge >= 0.3 is 0 Å². The van der Waals surface area contributed by atoms with Gasteiger partial charge in [0.2, 0.25) is 0 Å². The zero-order chi connectivity index (χ0) is 17.6. The number of anilines is 1. The molecule has 0 unspecified atom stereocenters. The largest absolute Gasteiger partial charge is 0.494 e. The highest BCUT2D eigenvalue weighted by Crippen LogP contribution is 2.22. The van der Waals surface area contributed by atoms with Crippen LogP contribution >= 0.6 is 0 Å². The molecular weight excluding hydrogens is 298 g/mol. The fraction of sp³-hybridized carbons (Fsp3) is 0.381. The molecule has 1 N–H and O–H groups in total. The van der Waals surface area contributed by atoms with Crippen molar-refractivity contribution in [3.63, 3.8) is 0 Å². The van der Waals surface area contributed by atoms with Gasteiger partial charge in [0.1, 0.15) is 5.75 Å². The first-order chi connectivity index (χ1) is 11.4. The maximum absolute atomic E-state index is 12.3. The summed E-state index contributed by atoms with van der Waals surface area (Å²) in [5, 5.41) is 2.92. The van der Waals surface area contributed by atoms with E-state index < -0.39 is 0 Å². The van der Waals surface area contributed by atoms with Crippen LogP contribution in [0.2, 0.25) is 0 Å². The third-order valence-corrected chi connectivity index (χ3v) is 3.89. The fourth-order valence-corrected chi connectivity index (χ4v) is 2.29. The Hall–Kier alpha value is -2.29. The van der Waals surface area contributed by atoms with Crippen molar-refractivity contribution in [2.45, 2.75) is 46.0 Å². The highest BCUT2D eigenvalue weighted by molar-refractivity contribution is 6.04. The molecule has 0 heterocycles. The molecule has 24 heavy (non-hydrogen) atoms. The summed E-state index contributed by atoms with van der Waals surface area (Å²) in [6, 6.07) is 15.3. The van der Waals surface area contributed by atoms with Gasteiger partial charge in [-0.25, -0.2) is 0 Å². The molecule has 0 aliphatic rings. The Kier molecular flexibility index (Phi) is 6.02. The summed E-state index contributed by atoms with van der Waals surface area (Å²) in [4.78, 5) is 12.3. The lowest BCUT2D eigenvalue weighted by molar-refractivity contribution is 0.102. The summed E-state index contributed by atoms with van der Waals surface area (Å²) in [6.07, 6.45) is 2.16. The second-order valence-electron chi connectivity index (χ2n) is 7.01. The molecule has 0 aliphatic heterocycles. The zero-order valence-electron chi connectivity index (χ0n) is 15.1. The Morgan fingerprint density at radius 1 is 1.00 bits per heavy atom. The minimum atomic E-state index is -0.102. The lowest BCUT2D eigenvalue weighted by Gasteiger charge is -2.19. The van der Waals surface area contributed by atoms with E-state index in [0.717, 1.165) is 30.9 Å². The van der Waals surface area contributed by atoms with E-state index in [1.165, 1.54) is 5.56 Å². The number of benzene rings is 2. The van der Waals surface area contributed by atoms with Crippen LogP contribution in [0.25, 0.3) is 0 Å². The number of hydrogen-bond acceptors (Lipinski definition) is 2. The third kappa shape index (κ3) is 5.12. The van der Waals surface area contributed by atoms with E-state index >= 15 is 0 Å². The zero-order valence-corrected chi connectivity index (χ0v) is 15.1. The van der Waals surface area contributed by atoms with Crippen molar-refractivity contribution < 1.29 is 9.53 Å². The molecule has 0 aliphatic carbocycles. The minimum Gasteiger partial charge on any atom is -0.494 e. The van der Waals surface area contributed by atoms with Gasteiger partial charge in [-0.15, -0.1) is 0 Å². The molecule has 128 valence electrons. The number of nitrogens with one attached hydrogen (secondary N) is 1. The van der Waals surface area contributed by atoms with Gasteiger partial charge in [-0.2, -0.15) is 0 Å². The van der Waals surface area contributed by atoms with Crippen molar-refractivity contribution >= 4 is 11.6 Å². The molecule has 3 nitrogen and oxygen atoms in total. The van der Waals surface area contributed by atoms with Gasteiger partial charge in [-0.05, 0) is 53.8 Å². The van der Waals surface area contributed by atoms with Crippen molar-refractivity contribution in [2.24, 2.45) is 0 Å². The highest BCUT2D eigenvalue weighted by Gasteiger charge is 2.14. The molecule has 2 rings (SSSR count). The summed E-state index contributed by atoms with van der Waals surface area (Å²) < 4.78 is 5.62. The van der Waals surface area contributed by atoms with Gasteiger partial charge < -0.3 is 10.1 Å². The monoisotopic (exact) mass is 325 g/mol. The molecule has 2 aromatic carbocycles. The topological polar surface area (TPSA) is 38.3 Å². The van der Waals surface area contributed by atoms with E-state index in [2.05, 4.69) is 33.0 Å². The summed E-state index contributed by atoms with van der Waals surface area (Å²) in [6.45, 7) is 9.34. The Bertz CT molecular complexity index is 652. The van der Waals surface area contributed by atoms with Gasteiger partial charge in [-0.1, -0.05) is 46.2 Å². The number of amides is 1. The van der Waals surface area contributed by atoms with Gasteiger partial charge in [0.15, 0.2) is 0 Å². The molecule has 1 amide bonds. The maximum atomic E-state index is 12.3. The van der Waals surface area contributed by atoms with Crippen LogP contribution in [0.4, 0.5) is 5.69 Å². The lowest BCUT2D eigenvalue weighted by atomic mass is 9.87. The molecule has 0 radical (unpaired) electrons. The van der Waals surface area contributed by atoms with E-state index in [1.807, 2.05) is 48.5 Å². The number of rotatable bonds is 6. The third-order valence-electron chi connectivity index (χ3n) is 3.89. The van der Waals surface area contributed by atoms with Crippen LogP contribution in [0.15, 0.2) is 48.5 Å². The number of carbonyl (C=O) groups is 1. The molecule has 2 aromatic rings. The Morgan fingerprint density at radius 2 is 1.62 bits per heavy atom. The van der Waals surface area contributed by atoms with Crippen LogP contribution in [0, 0.1) is 0 Å². The van der Waals surface area contributed by atoms with E-state index in [9.17, 15) is 4.79 Å². The predicted octanol–water partition coefficient (Wildman–Crippen LogP) is 5.42. The SMILES string of the molecule is CCCCOc1ccc(NC(=O)c2ccc(C(C)(C)C)cc2)cc1. The molecule has 3 heteroatoms. The first-order valence-corrected chi connectivity index (χ1v) is 8.55. The Balaban J connectivity index is 1.96. The molecular formula is C21H27NO2. The number of carbonyl (C=O) groups excluding carboxylic acids is 1. The average Bonchev–Trinajstić information content (AvgIpc) is 2.56. The van der Waals surface area contributed by atoms with Crippen molar-refractivity contribution in [2.75, 3.05) is 11.9 Å². The van der Waals surface area contributed by atoms with Crippen LogP contribution < -0.4 is 10.1 Å². The van der Waals surface area contributed by atoms with Crippen LogP contribution in [0.1, 0.15) is 56.5 Å². The van der Waals surface area contributed by atoms with Crippen molar-refractivity contribution in [3.8, 4) is 5.75 Å². The standard InChI is InChI=1S/C21H27NO2/c1-5-6-15-24-19-13-11-18(12-14-19)22-20(23)16-7-9-17(10-8-16)21(2,3)4/h7-14H,5-6,15H2,1-4H3,(H,22,23). The Morgan fingerprint density at radius 3 is 2.17 bits per heavy atom. The van der Waals surface area contributed by atoms with Crippen LogP contribution in [-0.2, 0) is 5.41 Å². The predicted molar refractivity (Wildman–Crippen MR) is 99.9 cm³/mol. The lowest BCUT2D eigenvalue weighted by Crippen LogP contribution is -2.14. The average molecular weight is 325 g/mol. The molecule has 0 saturated heterocycles. The quantitative estimate of drug-likeness (QED) is 0.721. The molecule has 0 atom stereocenters. The highest BCUT2D eigenvalue weighted by atomic mass is 16.5. The first kappa shape index (κ1) is 18.1. The van der Waals surface area contributed by atoms with Crippen molar-refractivity contribution in [1.29, 1.82) is 0 Å². The van der Waals surface area contributed by atoms with Gasteiger partial charge in [0.25, 0.3) is 5.91 Å². The number of ether oxygens (including phenoxy) is 1. The van der Waals surface area contributed by atoms with E-state index in [-0.39, 0.29) is 11.3 Å². The normalized spacial score (nSPS) is 11.2. The number of unbranched alkanes of at least 4 members (excludes halogenated alkanes) is 1. The molecule has 0 bridgehead atoms. The molecule has 0 saturated carbocycles. The van der Waals surface area contributed by atoms with Crippen molar-refractivity contribution in [1.82, 2.24) is 0 Å². The number of hydrogen-bond donors (Lipinski definition) is 1.